The van der Waals surface area contributed by atoms with Crippen LogP contribution in [-0.4, -0.2) is 40.3 Å². The van der Waals surface area contributed by atoms with Gasteiger partial charge in [0.25, 0.3) is 0 Å². The lowest BCUT2D eigenvalue weighted by Gasteiger charge is -2.24. The van der Waals surface area contributed by atoms with Gasteiger partial charge in [0, 0.05) is 25.3 Å². The van der Waals surface area contributed by atoms with Crippen molar-refractivity contribution in [1.82, 2.24) is 19.9 Å². The van der Waals surface area contributed by atoms with Gasteiger partial charge >= 0.3 is 0 Å². The van der Waals surface area contributed by atoms with E-state index in [1.165, 1.54) is 31.2 Å². The van der Waals surface area contributed by atoms with Gasteiger partial charge in [0.05, 0.1) is 0 Å². The summed E-state index contributed by atoms with van der Waals surface area (Å²) in [7, 11) is 0. The highest BCUT2D eigenvalue weighted by atomic mass is 15.4. The zero-order valence-electron chi connectivity index (χ0n) is 12.6. The summed E-state index contributed by atoms with van der Waals surface area (Å²) in [6.45, 7) is 5.38. The second-order valence-electron chi connectivity index (χ2n) is 6.56. The smallest absolute Gasteiger partial charge is 0.245 e. The summed E-state index contributed by atoms with van der Waals surface area (Å²) in [4.78, 5) is 7.12. The summed E-state index contributed by atoms with van der Waals surface area (Å²) in [5.74, 6) is 1.74. The Hall–Kier alpha value is -1.62. The molecule has 2 fully saturated rings. The Bertz CT molecular complexity index is 625. The summed E-state index contributed by atoms with van der Waals surface area (Å²) in [5.41, 5.74) is 2.15. The second-order valence-corrected chi connectivity index (χ2v) is 6.56. The first-order valence-electron chi connectivity index (χ1n) is 8.09. The van der Waals surface area contributed by atoms with Gasteiger partial charge < -0.3 is 10.2 Å². The van der Waals surface area contributed by atoms with Crippen LogP contribution in [0.25, 0.3) is 5.65 Å². The maximum atomic E-state index is 4.73. The van der Waals surface area contributed by atoms with Crippen molar-refractivity contribution >= 4 is 11.6 Å². The van der Waals surface area contributed by atoms with Gasteiger partial charge in [-0.15, -0.1) is 5.10 Å². The van der Waals surface area contributed by atoms with Gasteiger partial charge in [-0.25, -0.2) is 4.52 Å². The average Bonchev–Trinajstić information content (AvgIpc) is 2.98. The first-order valence-corrected chi connectivity index (χ1v) is 8.09. The molecule has 21 heavy (non-hydrogen) atoms. The maximum Gasteiger partial charge on any atom is 0.245 e. The molecule has 1 aliphatic carbocycles. The number of anilines is 1. The molecular weight excluding hydrogens is 262 g/mol. The van der Waals surface area contributed by atoms with Crippen LogP contribution in [-0.2, 0) is 0 Å². The van der Waals surface area contributed by atoms with Crippen molar-refractivity contribution in [3.8, 4) is 0 Å². The third-order valence-electron chi connectivity index (χ3n) is 4.53. The number of nitrogens with one attached hydrogen (secondary N) is 1. The van der Waals surface area contributed by atoms with Crippen LogP contribution >= 0.6 is 0 Å². The van der Waals surface area contributed by atoms with Crippen LogP contribution in [0, 0.1) is 12.8 Å². The van der Waals surface area contributed by atoms with E-state index in [2.05, 4.69) is 35.5 Å². The lowest BCUT2D eigenvalue weighted by atomic mass is 10.2. The molecule has 1 unspecified atom stereocenters. The van der Waals surface area contributed by atoms with E-state index in [1.54, 1.807) is 0 Å². The minimum atomic E-state index is 0.595. The molecule has 2 aromatic rings. The first kappa shape index (κ1) is 13.1. The van der Waals surface area contributed by atoms with Crippen LogP contribution in [0.4, 0.5) is 5.95 Å². The van der Waals surface area contributed by atoms with Gasteiger partial charge in [0.15, 0.2) is 5.65 Å². The van der Waals surface area contributed by atoms with Crippen LogP contribution in [0.2, 0.25) is 0 Å². The van der Waals surface area contributed by atoms with Crippen molar-refractivity contribution in [1.29, 1.82) is 0 Å². The van der Waals surface area contributed by atoms with Crippen molar-refractivity contribution in [2.75, 3.05) is 24.5 Å². The van der Waals surface area contributed by atoms with Crippen molar-refractivity contribution in [2.24, 2.45) is 5.92 Å². The van der Waals surface area contributed by atoms with E-state index in [9.17, 15) is 0 Å². The molecule has 5 nitrogen and oxygen atoms in total. The lowest BCUT2D eigenvalue weighted by molar-refractivity contribution is 0.563. The average molecular weight is 285 g/mol. The number of hydrogen-bond donors (Lipinski definition) is 1. The summed E-state index contributed by atoms with van der Waals surface area (Å²) < 4.78 is 1.91. The molecule has 1 saturated heterocycles. The standard InChI is InChI=1S/C16H23N5/c1-12-4-7-15-18-16(19-21(15)9-12)20(10-13-5-6-13)11-14-3-2-8-17-14/h4,7,9,13-14,17H,2-3,5-6,8,10-11H2,1H3. The molecule has 2 aromatic heterocycles. The lowest BCUT2D eigenvalue weighted by Crippen LogP contribution is -2.39. The number of aromatic nitrogens is 3. The summed E-state index contributed by atoms with van der Waals surface area (Å²) in [5, 5.41) is 8.29. The minimum Gasteiger partial charge on any atom is -0.338 e. The van der Waals surface area contributed by atoms with E-state index in [4.69, 9.17) is 10.1 Å². The molecule has 4 rings (SSSR count). The Morgan fingerprint density at radius 1 is 1.29 bits per heavy atom. The zero-order valence-corrected chi connectivity index (χ0v) is 12.6. The van der Waals surface area contributed by atoms with Gasteiger partial charge in [0.2, 0.25) is 5.95 Å². The fourth-order valence-electron chi connectivity index (χ4n) is 3.14. The number of aryl methyl sites for hydroxylation is 1. The predicted octanol–water partition coefficient (Wildman–Crippen LogP) is 2.01. The molecule has 3 heterocycles. The molecule has 2 aliphatic rings. The van der Waals surface area contributed by atoms with E-state index in [0.717, 1.165) is 37.1 Å². The summed E-state index contributed by atoms with van der Waals surface area (Å²) in [6, 6.07) is 4.74. The molecule has 0 radical (unpaired) electrons. The molecule has 112 valence electrons. The molecule has 0 spiro atoms. The highest BCUT2D eigenvalue weighted by Crippen LogP contribution is 2.31. The van der Waals surface area contributed by atoms with Crippen LogP contribution in [0.15, 0.2) is 18.3 Å². The van der Waals surface area contributed by atoms with Crippen molar-refractivity contribution in [3.05, 3.63) is 23.9 Å². The normalized spacial score (nSPS) is 22.0. The number of rotatable bonds is 5. The van der Waals surface area contributed by atoms with Crippen molar-refractivity contribution < 1.29 is 0 Å². The Kier molecular flexibility index (Phi) is 3.30. The third kappa shape index (κ3) is 2.88. The van der Waals surface area contributed by atoms with Crippen molar-refractivity contribution in [3.63, 3.8) is 0 Å². The Morgan fingerprint density at radius 3 is 2.95 bits per heavy atom. The van der Waals surface area contributed by atoms with Crippen LogP contribution in [0.1, 0.15) is 31.2 Å². The van der Waals surface area contributed by atoms with Gasteiger partial charge in [-0.3, -0.25) is 0 Å². The highest BCUT2D eigenvalue weighted by molar-refractivity contribution is 5.45. The Labute approximate surface area is 125 Å². The fraction of sp³-hybridized carbons (Fsp3) is 0.625. The fourth-order valence-corrected chi connectivity index (χ4v) is 3.14. The molecule has 0 amide bonds. The molecule has 0 bridgehead atoms. The molecule has 5 heteroatoms. The van der Waals surface area contributed by atoms with Crippen LogP contribution in [0.5, 0.6) is 0 Å². The van der Waals surface area contributed by atoms with Crippen LogP contribution in [0.3, 0.4) is 0 Å². The number of hydrogen-bond acceptors (Lipinski definition) is 4. The van der Waals surface area contributed by atoms with E-state index in [-0.39, 0.29) is 0 Å². The zero-order chi connectivity index (χ0) is 14.2. The maximum absolute atomic E-state index is 4.73. The summed E-state index contributed by atoms with van der Waals surface area (Å²) in [6.07, 6.45) is 7.34. The topological polar surface area (TPSA) is 45.5 Å². The van der Waals surface area contributed by atoms with Gasteiger partial charge in [0.1, 0.15) is 0 Å². The quantitative estimate of drug-likeness (QED) is 0.913. The van der Waals surface area contributed by atoms with Gasteiger partial charge in [-0.05, 0) is 56.7 Å². The molecule has 1 saturated carbocycles. The van der Waals surface area contributed by atoms with E-state index in [1.807, 2.05) is 4.52 Å². The number of pyridine rings is 1. The Morgan fingerprint density at radius 2 is 2.19 bits per heavy atom. The predicted molar refractivity (Wildman–Crippen MR) is 83.7 cm³/mol. The number of nitrogens with zero attached hydrogens (tertiary/aromatic N) is 4. The molecule has 1 atom stereocenters. The largest absolute Gasteiger partial charge is 0.338 e. The highest BCUT2D eigenvalue weighted by Gasteiger charge is 2.28. The molecule has 0 aromatic carbocycles. The molecular formula is C16H23N5. The second kappa shape index (κ2) is 5.30. The van der Waals surface area contributed by atoms with Crippen molar-refractivity contribution in [2.45, 2.75) is 38.6 Å². The monoisotopic (exact) mass is 285 g/mol. The summed E-state index contributed by atoms with van der Waals surface area (Å²) >= 11 is 0. The van der Waals surface area contributed by atoms with Gasteiger partial charge in [-0.2, -0.15) is 4.98 Å². The first-order chi connectivity index (χ1) is 10.3. The molecule has 1 aliphatic heterocycles. The minimum absolute atomic E-state index is 0.595. The number of fused-ring (bicyclic) bond motifs is 1. The van der Waals surface area contributed by atoms with Crippen LogP contribution < -0.4 is 10.2 Å². The van der Waals surface area contributed by atoms with E-state index < -0.39 is 0 Å². The van der Waals surface area contributed by atoms with E-state index >= 15 is 0 Å². The van der Waals surface area contributed by atoms with Gasteiger partial charge in [-0.1, -0.05) is 6.07 Å². The molecule has 1 N–H and O–H groups in total. The van der Waals surface area contributed by atoms with E-state index in [0.29, 0.717) is 6.04 Å². The third-order valence-corrected chi connectivity index (χ3v) is 4.53. The Balaban J connectivity index is 1.59. The SMILES string of the molecule is Cc1ccc2nc(N(CC3CC3)CC3CCCN3)nn2c1.